The third-order valence-corrected chi connectivity index (χ3v) is 5.72. The Labute approximate surface area is 192 Å². The number of carbonyl (C=O) groups is 1. The van der Waals surface area contributed by atoms with Crippen LogP contribution in [0.25, 0.3) is 22.5 Å². The van der Waals surface area contributed by atoms with Gasteiger partial charge < -0.3 is 5.11 Å². The summed E-state index contributed by atoms with van der Waals surface area (Å²) < 4.78 is 1.65. The fraction of sp³-hybridized carbons (Fsp3) is 0.320. The van der Waals surface area contributed by atoms with Crippen molar-refractivity contribution in [2.45, 2.75) is 52.5 Å². The van der Waals surface area contributed by atoms with E-state index in [0.717, 1.165) is 52.8 Å². The number of hydrogen-bond donors (Lipinski definition) is 2. The van der Waals surface area contributed by atoms with Gasteiger partial charge in [0.2, 0.25) is 0 Å². The molecule has 2 aromatic carbocycles. The molecule has 0 bridgehead atoms. The highest BCUT2D eigenvalue weighted by Gasteiger charge is 2.24. The molecule has 0 saturated carbocycles. The summed E-state index contributed by atoms with van der Waals surface area (Å²) in [7, 11) is 0. The number of H-pyrrole nitrogens is 1. The monoisotopic (exact) mass is 444 g/mol. The lowest BCUT2D eigenvalue weighted by molar-refractivity contribution is 0.0680. The maximum absolute atomic E-state index is 12.1. The molecular weight excluding hydrogens is 416 g/mol. The normalized spacial score (nSPS) is 11.3. The van der Waals surface area contributed by atoms with Crippen molar-refractivity contribution in [3.8, 4) is 22.5 Å². The summed E-state index contributed by atoms with van der Waals surface area (Å²) in [5, 5.41) is 28.9. The number of nitrogens with zero attached hydrogens (tertiary/aromatic N) is 5. The Kier molecular flexibility index (Phi) is 6.63. The molecule has 0 spiro atoms. The second kappa shape index (κ2) is 9.77. The number of nitrogens with one attached hydrogen (secondary N) is 1. The number of carboxylic acid groups (broad SMARTS) is 1. The van der Waals surface area contributed by atoms with E-state index >= 15 is 0 Å². The van der Waals surface area contributed by atoms with Crippen LogP contribution >= 0.6 is 0 Å². The molecule has 8 heteroatoms. The lowest BCUT2D eigenvalue weighted by Gasteiger charge is -2.10. The molecule has 8 nitrogen and oxygen atoms in total. The van der Waals surface area contributed by atoms with Gasteiger partial charge in [-0.2, -0.15) is 5.10 Å². The minimum Gasteiger partial charge on any atom is -0.477 e. The van der Waals surface area contributed by atoms with Crippen LogP contribution in [0.1, 0.15) is 67.0 Å². The molecule has 33 heavy (non-hydrogen) atoms. The Morgan fingerprint density at radius 1 is 1.09 bits per heavy atom. The molecule has 0 atom stereocenters. The Morgan fingerprint density at radius 2 is 1.82 bits per heavy atom. The molecule has 0 saturated heterocycles. The molecule has 0 aliphatic rings. The van der Waals surface area contributed by atoms with Crippen LogP contribution in [0.4, 0.5) is 0 Å². The molecule has 2 heterocycles. The van der Waals surface area contributed by atoms with E-state index in [1.54, 1.807) is 4.68 Å². The minimum absolute atomic E-state index is 0.0188. The number of aryl methyl sites for hydroxylation is 1. The van der Waals surface area contributed by atoms with Crippen LogP contribution in [-0.2, 0) is 12.8 Å². The quantitative estimate of drug-likeness (QED) is 0.378. The smallest absolute Gasteiger partial charge is 0.354 e. The Balaban J connectivity index is 1.68. The first-order valence-electron chi connectivity index (χ1n) is 11.3. The number of rotatable bonds is 9. The van der Waals surface area contributed by atoms with Gasteiger partial charge in [0.15, 0.2) is 5.82 Å². The number of carboxylic acids is 1. The van der Waals surface area contributed by atoms with Gasteiger partial charge in [-0.3, -0.25) is 4.68 Å². The van der Waals surface area contributed by atoms with Crippen molar-refractivity contribution in [2.24, 2.45) is 0 Å². The van der Waals surface area contributed by atoms with Gasteiger partial charge in [0.05, 0.1) is 5.69 Å². The van der Waals surface area contributed by atoms with Gasteiger partial charge in [0.25, 0.3) is 0 Å². The Hall–Kier alpha value is -3.81. The molecule has 0 fully saturated rings. The number of hydrogen-bond acceptors (Lipinski definition) is 5. The second-order valence-corrected chi connectivity index (χ2v) is 8.39. The largest absolute Gasteiger partial charge is 0.477 e. The van der Waals surface area contributed by atoms with Crippen LogP contribution in [0.5, 0.6) is 0 Å². The van der Waals surface area contributed by atoms with Gasteiger partial charge in [-0.05, 0) is 53.8 Å². The highest BCUT2D eigenvalue weighted by atomic mass is 16.4. The first-order chi connectivity index (χ1) is 16.0. The van der Waals surface area contributed by atoms with E-state index in [1.165, 1.54) is 0 Å². The van der Waals surface area contributed by atoms with Crippen molar-refractivity contribution in [3.05, 3.63) is 71.0 Å². The predicted molar refractivity (Wildman–Crippen MR) is 126 cm³/mol. The summed E-state index contributed by atoms with van der Waals surface area (Å²) in [4.78, 5) is 12.1. The molecule has 2 aromatic heterocycles. The van der Waals surface area contributed by atoms with E-state index in [0.29, 0.717) is 17.9 Å². The number of aromatic carboxylic acids is 1. The molecule has 2 N–H and O–H groups in total. The van der Waals surface area contributed by atoms with Gasteiger partial charge in [0.1, 0.15) is 5.69 Å². The van der Waals surface area contributed by atoms with Crippen molar-refractivity contribution in [1.29, 1.82) is 0 Å². The molecule has 4 rings (SSSR count). The topological polar surface area (TPSA) is 110 Å². The van der Waals surface area contributed by atoms with Gasteiger partial charge >= 0.3 is 5.97 Å². The van der Waals surface area contributed by atoms with Crippen molar-refractivity contribution in [3.63, 3.8) is 0 Å². The summed E-state index contributed by atoms with van der Waals surface area (Å²) in [6.45, 7) is 6.05. The van der Waals surface area contributed by atoms with Crippen molar-refractivity contribution >= 4 is 5.97 Å². The van der Waals surface area contributed by atoms with Crippen LogP contribution in [0.3, 0.4) is 0 Å². The summed E-state index contributed by atoms with van der Waals surface area (Å²) in [5.41, 5.74) is 6.01. The number of unbranched alkanes of at least 4 members (excludes halogenated alkanes) is 1. The van der Waals surface area contributed by atoms with Gasteiger partial charge in [0, 0.05) is 23.6 Å². The van der Waals surface area contributed by atoms with Gasteiger partial charge in [-0.15, -0.1) is 5.10 Å². The summed E-state index contributed by atoms with van der Waals surface area (Å²) in [6, 6.07) is 16.1. The molecule has 0 amide bonds. The first kappa shape index (κ1) is 22.4. The molecule has 0 unspecified atom stereocenters. The molecule has 0 aliphatic carbocycles. The van der Waals surface area contributed by atoms with E-state index in [4.69, 9.17) is 0 Å². The number of tetrazole rings is 1. The van der Waals surface area contributed by atoms with E-state index in [9.17, 15) is 9.90 Å². The fourth-order valence-corrected chi connectivity index (χ4v) is 4.07. The zero-order valence-corrected chi connectivity index (χ0v) is 19.1. The van der Waals surface area contributed by atoms with E-state index in [-0.39, 0.29) is 6.04 Å². The van der Waals surface area contributed by atoms with Crippen LogP contribution in [0, 0.1) is 0 Å². The molecule has 0 aliphatic heterocycles. The molecular formula is C25H28N6O2. The standard InChI is InChI=1S/C25H28N6O2/c1-4-5-10-22-21(23(25(32)33)31(28-22)16(2)3)15-17-11-13-18(14-12-17)19-8-6-7-9-20(19)24-26-29-30-27-24/h6-9,11-14,16H,4-5,10,15H2,1-3H3,(H,32,33)(H,26,27,29,30). The average molecular weight is 445 g/mol. The van der Waals surface area contributed by atoms with Crippen molar-refractivity contribution in [1.82, 2.24) is 30.4 Å². The Bertz CT molecular complexity index is 1230. The first-order valence-corrected chi connectivity index (χ1v) is 11.3. The fourth-order valence-electron chi connectivity index (χ4n) is 4.07. The third kappa shape index (κ3) is 4.69. The summed E-state index contributed by atoms with van der Waals surface area (Å²) in [5.74, 6) is -0.317. The number of aromatic nitrogens is 6. The summed E-state index contributed by atoms with van der Waals surface area (Å²) >= 11 is 0. The van der Waals surface area contributed by atoms with E-state index < -0.39 is 5.97 Å². The highest BCUT2D eigenvalue weighted by molar-refractivity contribution is 5.88. The minimum atomic E-state index is -0.930. The second-order valence-electron chi connectivity index (χ2n) is 8.39. The SMILES string of the molecule is CCCCc1nn(C(C)C)c(C(=O)O)c1Cc1ccc(-c2ccccc2-c2nnn[nH]2)cc1. The Morgan fingerprint density at radius 3 is 2.42 bits per heavy atom. The van der Waals surface area contributed by atoms with Crippen LogP contribution in [0.15, 0.2) is 48.5 Å². The molecule has 0 radical (unpaired) electrons. The molecule has 170 valence electrons. The van der Waals surface area contributed by atoms with Gasteiger partial charge in [-0.25, -0.2) is 9.89 Å². The predicted octanol–water partition coefficient (Wildman–Crippen LogP) is 4.94. The molecule has 4 aromatic rings. The zero-order valence-electron chi connectivity index (χ0n) is 19.1. The average Bonchev–Trinajstić information content (AvgIpc) is 3.47. The van der Waals surface area contributed by atoms with E-state index in [2.05, 4.69) is 44.8 Å². The van der Waals surface area contributed by atoms with Crippen LogP contribution < -0.4 is 0 Å². The maximum Gasteiger partial charge on any atom is 0.354 e. The van der Waals surface area contributed by atoms with Crippen LogP contribution in [0.2, 0.25) is 0 Å². The van der Waals surface area contributed by atoms with Crippen molar-refractivity contribution in [2.75, 3.05) is 0 Å². The van der Waals surface area contributed by atoms with Crippen LogP contribution in [-0.4, -0.2) is 41.5 Å². The lowest BCUT2D eigenvalue weighted by Crippen LogP contribution is -2.13. The zero-order chi connectivity index (χ0) is 23.4. The third-order valence-electron chi connectivity index (χ3n) is 5.72. The highest BCUT2D eigenvalue weighted by Crippen LogP contribution is 2.30. The number of benzene rings is 2. The lowest BCUT2D eigenvalue weighted by atomic mass is 9.95. The summed E-state index contributed by atoms with van der Waals surface area (Å²) in [6.07, 6.45) is 3.32. The van der Waals surface area contributed by atoms with Gasteiger partial charge in [-0.1, -0.05) is 61.9 Å². The van der Waals surface area contributed by atoms with E-state index in [1.807, 2.05) is 50.2 Å². The number of aromatic amines is 1. The van der Waals surface area contributed by atoms with Crippen molar-refractivity contribution < 1.29 is 9.90 Å². The maximum atomic E-state index is 12.1.